The van der Waals surface area contributed by atoms with Crippen LogP contribution in [0, 0.1) is 11.8 Å². The second kappa shape index (κ2) is 8.89. The number of aromatic hydroxyl groups is 1. The van der Waals surface area contributed by atoms with Crippen molar-refractivity contribution in [3.8, 4) is 16.9 Å². The highest BCUT2D eigenvalue weighted by atomic mass is 16.3. The van der Waals surface area contributed by atoms with E-state index in [0.717, 1.165) is 0 Å². The molecule has 39 heavy (non-hydrogen) atoms. The Bertz CT molecular complexity index is 1550. The molecule has 10 nitrogen and oxygen atoms in total. The van der Waals surface area contributed by atoms with E-state index in [4.69, 9.17) is 5.73 Å². The molecule has 3 aliphatic carbocycles. The third-order valence-electron chi connectivity index (χ3n) is 8.18. The molecule has 0 radical (unpaired) electrons. The van der Waals surface area contributed by atoms with Crippen molar-refractivity contribution >= 4 is 29.0 Å². The number of rotatable bonds is 4. The maximum absolute atomic E-state index is 13.9. The van der Waals surface area contributed by atoms with Crippen LogP contribution >= 0.6 is 0 Å². The van der Waals surface area contributed by atoms with Crippen molar-refractivity contribution in [2.24, 2.45) is 17.6 Å². The van der Waals surface area contributed by atoms with E-state index >= 15 is 0 Å². The topological polar surface area (TPSA) is 178 Å². The van der Waals surface area contributed by atoms with Crippen molar-refractivity contribution in [2.45, 2.75) is 31.4 Å². The molecule has 4 atom stereocenters. The van der Waals surface area contributed by atoms with Crippen LogP contribution in [0.25, 0.3) is 16.9 Å². The quantitative estimate of drug-likeness (QED) is 0.290. The predicted octanol–water partition coefficient (Wildman–Crippen LogP) is 1.83. The van der Waals surface area contributed by atoms with E-state index in [2.05, 4.69) is 0 Å². The second-order valence-corrected chi connectivity index (χ2v) is 10.6. The molecule has 0 saturated heterocycles. The number of aliphatic hydroxyl groups is 3. The third-order valence-corrected chi connectivity index (χ3v) is 8.18. The highest BCUT2D eigenvalue weighted by Crippen LogP contribution is 2.53. The number of carbonyl (C=O) groups is 4. The highest BCUT2D eigenvalue weighted by Gasteiger charge is 2.64. The fourth-order valence-electron chi connectivity index (χ4n) is 6.42. The second-order valence-electron chi connectivity index (χ2n) is 10.6. The summed E-state index contributed by atoms with van der Waals surface area (Å²) >= 11 is 0. The first-order valence-electron chi connectivity index (χ1n) is 12.4. The molecule has 2 aromatic carbocycles. The molecule has 0 aromatic heterocycles. The minimum atomic E-state index is -2.69. The molecule has 0 unspecified atom stereocenters. The summed E-state index contributed by atoms with van der Waals surface area (Å²) < 4.78 is 0. The van der Waals surface area contributed by atoms with Crippen molar-refractivity contribution in [3.05, 3.63) is 70.0 Å². The summed E-state index contributed by atoms with van der Waals surface area (Å²) in [4.78, 5) is 52.6. The van der Waals surface area contributed by atoms with E-state index in [1.165, 1.54) is 17.9 Å². The van der Waals surface area contributed by atoms with Crippen molar-refractivity contribution in [1.82, 2.24) is 4.90 Å². The summed E-state index contributed by atoms with van der Waals surface area (Å²) in [6.45, 7) is 1.45. The molecule has 5 rings (SSSR count). The number of hydrogen-bond acceptors (Lipinski definition) is 9. The summed E-state index contributed by atoms with van der Waals surface area (Å²) in [7, 11) is 3.09. The van der Waals surface area contributed by atoms with Crippen molar-refractivity contribution < 1.29 is 39.6 Å². The number of primary amides is 1. The van der Waals surface area contributed by atoms with Crippen LogP contribution in [0.15, 0.2) is 53.3 Å². The maximum Gasteiger partial charge on any atom is 0.255 e. The van der Waals surface area contributed by atoms with Gasteiger partial charge in [-0.2, -0.15) is 0 Å². The molecule has 0 spiro atoms. The Labute approximate surface area is 223 Å². The molecule has 0 heterocycles. The number of benzene rings is 2. The van der Waals surface area contributed by atoms with E-state index in [9.17, 15) is 39.6 Å². The smallest absolute Gasteiger partial charge is 0.255 e. The van der Waals surface area contributed by atoms with Gasteiger partial charge in [0, 0.05) is 17.1 Å². The average Bonchev–Trinajstić information content (AvgIpc) is 2.86. The monoisotopic (exact) mass is 532 g/mol. The molecule has 0 bridgehead atoms. The van der Waals surface area contributed by atoms with Crippen LogP contribution in [0.4, 0.5) is 0 Å². The van der Waals surface area contributed by atoms with Gasteiger partial charge in [-0.1, -0.05) is 24.3 Å². The first kappa shape index (κ1) is 26.3. The van der Waals surface area contributed by atoms with Gasteiger partial charge in [0.1, 0.15) is 22.8 Å². The van der Waals surface area contributed by atoms with E-state index in [-0.39, 0.29) is 35.5 Å². The number of Topliss-reactive ketones (excluding diaryl/α,β-unsaturated/α-hetero) is 3. The number of phenols is 1. The van der Waals surface area contributed by atoms with Crippen molar-refractivity contribution in [2.75, 3.05) is 14.1 Å². The van der Waals surface area contributed by atoms with Gasteiger partial charge in [0.15, 0.2) is 17.2 Å². The highest BCUT2D eigenvalue weighted by molar-refractivity contribution is 6.24. The van der Waals surface area contributed by atoms with Crippen LogP contribution in [0.5, 0.6) is 5.75 Å². The van der Waals surface area contributed by atoms with Crippen LogP contribution in [-0.2, 0) is 20.8 Å². The lowest BCUT2D eigenvalue weighted by Gasteiger charge is -2.50. The maximum atomic E-state index is 13.9. The lowest BCUT2D eigenvalue weighted by molar-refractivity contribution is -0.153. The number of carbonyl (C=O) groups excluding carboxylic acids is 4. The molecule has 10 heteroatoms. The minimum absolute atomic E-state index is 0.00276. The summed E-state index contributed by atoms with van der Waals surface area (Å²) in [6, 6.07) is 8.76. The van der Waals surface area contributed by atoms with Crippen molar-refractivity contribution in [3.63, 3.8) is 0 Å². The molecule has 0 aliphatic heterocycles. The molecule has 3 aliphatic rings. The largest absolute Gasteiger partial charge is 0.508 e. The first-order valence-corrected chi connectivity index (χ1v) is 12.4. The molecule has 1 saturated carbocycles. The van der Waals surface area contributed by atoms with Gasteiger partial charge in [-0.05, 0) is 68.6 Å². The number of nitrogens with two attached hydrogens (primary N) is 1. The van der Waals surface area contributed by atoms with Gasteiger partial charge in [-0.3, -0.25) is 24.1 Å². The van der Waals surface area contributed by atoms with Crippen molar-refractivity contribution in [1.29, 1.82) is 0 Å². The fraction of sp³-hybridized carbons (Fsp3) is 0.310. The number of phenolic OH excluding ortho intramolecular Hbond substituents is 1. The van der Waals surface area contributed by atoms with Gasteiger partial charge in [0.05, 0.1) is 11.6 Å². The number of aliphatic hydroxyl groups excluding tert-OH is 2. The Morgan fingerprint density at radius 2 is 1.77 bits per heavy atom. The van der Waals surface area contributed by atoms with Crippen LogP contribution in [0.1, 0.15) is 34.8 Å². The number of ketones is 3. The van der Waals surface area contributed by atoms with Gasteiger partial charge in [-0.15, -0.1) is 0 Å². The van der Waals surface area contributed by atoms with Gasteiger partial charge < -0.3 is 26.2 Å². The third kappa shape index (κ3) is 3.63. The average molecular weight is 533 g/mol. The van der Waals surface area contributed by atoms with Crippen LogP contribution in [0.3, 0.4) is 0 Å². The SMILES string of the molecule is CC(=O)c1cccc(-c2ccc(O)c3c2C[C@H]2C[C@H]4[C@H](N(C)C)C(=O)C(C(N)=O)=C(O)[C@@]4(O)C(=O)C2=C3O)c1. The Hall–Kier alpha value is -4.28. The molecule has 1 amide bonds. The Morgan fingerprint density at radius 3 is 2.38 bits per heavy atom. The molecule has 202 valence electrons. The number of hydrogen-bond donors (Lipinski definition) is 5. The minimum Gasteiger partial charge on any atom is -0.508 e. The van der Waals surface area contributed by atoms with E-state index in [0.29, 0.717) is 22.3 Å². The van der Waals surface area contributed by atoms with Crippen LogP contribution < -0.4 is 5.73 Å². The lowest BCUT2D eigenvalue weighted by atomic mass is 9.57. The van der Waals surface area contributed by atoms with Gasteiger partial charge in [-0.25, -0.2) is 0 Å². The predicted molar refractivity (Wildman–Crippen MR) is 140 cm³/mol. The van der Waals surface area contributed by atoms with E-state index in [1.807, 2.05) is 0 Å². The number of amides is 1. The number of fused-ring (bicyclic) bond motifs is 3. The molecular weight excluding hydrogens is 504 g/mol. The zero-order valence-corrected chi connectivity index (χ0v) is 21.6. The zero-order chi connectivity index (χ0) is 28.5. The number of nitrogens with zero attached hydrogens (tertiary/aromatic N) is 1. The standard InChI is InChI=1S/C29H28N2O8/c1-12(32)13-5-4-6-14(9-13)16-7-8-19(33)21-17(16)10-15-11-18-23(31(2)3)25(35)22(28(30)38)27(37)29(18,39)26(36)20(15)24(21)34/h4-9,15,18,23,33-34,37,39H,10-11H2,1-3H3,(H2,30,38)/t15-,18-,23-,29-/m0/s1. The Balaban J connectivity index is 1.73. The summed E-state index contributed by atoms with van der Waals surface area (Å²) in [6.07, 6.45) is 0.150. The Morgan fingerprint density at radius 1 is 1.08 bits per heavy atom. The summed E-state index contributed by atoms with van der Waals surface area (Å²) in [5.74, 6) is -7.12. The number of likely N-dealkylation sites (N-methyl/N-ethyl adjacent to an activating group) is 1. The van der Waals surface area contributed by atoms with Crippen LogP contribution in [-0.4, -0.2) is 74.3 Å². The summed E-state index contributed by atoms with van der Waals surface area (Å²) in [5.41, 5.74) is 3.89. The van der Waals surface area contributed by atoms with Gasteiger partial charge in [0.25, 0.3) is 5.91 Å². The van der Waals surface area contributed by atoms with Crippen LogP contribution in [0.2, 0.25) is 0 Å². The first-order chi connectivity index (χ1) is 18.3. The van der Waals surface area contributed by atoms with Gasteiger partial charge in [0.2, 0.25) is 5.78 Å². The van der Waals surface area contributed by atoms with E-state index < -0.39 is 58.0 Å². The van der Waals surface area contributed by atoms with E-state index in [1.54, 1.807) is 44.4 Å². The summed E-state index contributed by atoms with van der Waals surface area (Å²) in [5, 5.41) is 44.7. The Kier molecular flexibility index (Phi) is 6.00. The molecule has 2 aromatic rings. The lowest BCUT2D eigenvalue weighted by Crippen LogP contribution is -2.65. The molecule has 1 fully saturated rings. The molecule has 6 N–H and O–H groups in total. The zero-order valence-electron chi connectivity index (χ0n) is 21.6. The normalized spacial score (nSPS) is 26.3. The fourth-order valence-corrected chi connectivity index (χ4v) is 6.42. The molecular formula is C29H28N2O8. The van der Waals surface area contributed by atoms with Gasteiger partial charge >= 0.3 is 0 Å².